The third-order valence-corrected chi connectivity index (χ3v) is 9.20. The van der Waals surface area contributed by atoms with Crippen LogP contribution in [-0.2, 0) is 19.9 Å². The van der Waals surface area contributed by atoms with E-state index in [1.54, 1.807) is 0 Å². The Morgan fingerprint density at radius 2 is 1.73 bits per heavy atom. The van der Waals surface area contributed by atoms with Gasteiger partial charge in [0.1, 0.15) is 13.7 Å². The lowest BCUT2D eigenvalue weighted by molar-refractivity contribution is -0.460. The average molecular weight is 436 g/mol. The van der Waals surface area contributed by atoms with E-state index in [1.165, 1.54) is 5.32 Å². The topological polar surface area (TPSA) is 248 Å². The Hall–Kier alpha value is -0.760. The van der Waals surface area contributed by atoms with Crippen LogP contribution in [0.2, 0.25) is 0 Å². The first-order chi connectivity index (χ1) is 11.3. The molecule has 0 aromatic carbocycles. The Morgan fingerprint density at radius 1 is 1.23 bits per heavy atom. The van der Waals surface area contributed by atoms with Crippen molar-refractivity contribution >= 4 is 31.2 Å². The molecule has 2 rings (SSSR count). The molecule has 150 valence electrons. The zero-order chi connectivity index (χ0) is 20.5. The van der Waals surface area contributed by atoms with E-state index in [0.29, 0.717) is 6.07 Å². The van der Waals surface area contributed by atoms with Crippen LogP contribution in [0, 0.1) is 0 Å². The molecule has 0 spiro atoms. The molecule has 2 heterocycles. The van der Waals surface area contributed by atoms with Crippen LogP contribution in [0.15, 0.2) is 14.5 Å². The second-order valence-electron chi connectivity index (χ2n) is 5.71. The molecule has 1 aliphatic rings. The molecule has 0 bridgehead atoms. The van der Waals surface area contributed by atoms with Gasteiger partial charge >= 0.3 is 11.9 Å². The summed E-state index contributed by atoms with van der Waals surface area (Å²) in [6.45, 7) is 0.837. The van der Waals surface area contributed by atoms with Crippen LogP contribution in [0.1, 0.15) is 18.5 Å². The standard InChI is InChI=1S/C10H16N2O11S3/c1-3-8(13,14)6(12-9(15,16)10(17,18)19)4-2-5(26(11,22)23)24-7(4)25(3,20)21/h2-3,6,12-19H,1H3,(H2,11,22,23). The number of fused-ring (bicyclic) bond motifs is 1. The molecule has 0 fully saturated rings. The Bertz CT molecular complexity index is 926. The van der Waals surface area contributed by atoms with Gasteiger partial charge in [0.05, 0.1) is 6.04 Å². The summed E-state index contributed by atoms with van der Waals surface area (Å²) in [6.07, 6.45) is 0. The number of aliphatic hydroxyl groups is 7. The fourth-order valence-electron chi connectivity index (χ4n) is 2.26. The number of nitrogens with one attached hydrogen (secondary N) is 1. The number of hydrogen-bond donors (Lipinski definition) is 9. The zero-order valence-electron chi connectivity index (χ0n) is 12.8. The molecule has 0 saturated heterocycles. The van der Waals surface area contributed by atoms with Gasteiger partial charge in [-0.05, 0) is 13.0 Å². The molecule has 13 nitrogen and oxygen atoms in total. The normalized spacial score (nSPS) is 25.7. The highest BCUT2D eigenvalue weighted by Gasteiger charge is 2.59. The molecule has 0 radical (unpaired) electrons. The van der Waals surface area contributed by atoms with E-state index in [-0.39, 0.29) is 11.3 Å². The number of rotatable bonds is 4. The first-order valence-corrected chi connectivity index (χ1v) is 10.5. The molecule has 1 aromatic rings. The molecular formula is C10H16N2O11S3. The van der Waals surface area contributed by atoms with Gasteiger partial charge < -0.3 is 35.7 Å². The van der Waals surface area contributed by atoms with Crippen molar-refractivity contribution in [1.29, 1.82) is 0 Å². The van der Waals surface area contributed by atoms with Gasteiger partial charge in [0, 0.05) is 5.56 Å². The molecule has 0 amide bonds. The Balaban J connectivity index is 2.75. The first kappa shape index (κ1) is 21.5. The lowest BCUT2D eigenvalue weighted by Crippen LogP contribution is -2.68. The largest absolute Gasteiger partial charge is 0.363 e. The van der Waals surface area contributed by atoms with Crippen LogP contribution >= 0.6 is 11.3 Å². The van der Waals surface area contributed by atoms with Crippen LogP contribution in [0.5, 0.6) is 0 Å². The smallest absolute Gasteiger partial charge is 0.348 e. The monoisotopic (exact) mass is 436 g/mol. The molecular weight excluding hydrogens is 420 g/mol. The second-order valence-corrected chi connectivity index (χ2v) is 11.0. The minimum absolute atomic E-state index is 0.177. The second kappa shape index (κ2) is 5.87. The van der Waals surface area contributed by atoms with Gasteiger partial charge in [-0.2, -0.15) is 0 Å². The van der Waals surface area contributed by atoms with E-state index in [2.05, 4.69) is 0 Å². The summed E-state index contributed by atoms with van der Waals surface area (Å²) in [7, 11) is -8.89. The summed E-state index contributed by atoms with van der Waals surface area (Å²) in [5.41, 5.74) is -0.654. The third-order valence-electron chi connectivity index (χ3n) is 3.85. The Labute approximate surface area is 150 Å². The predicted octanol–water partition coefficient (Wildman–Crippen LogP) is -4.85. The molecule has 10 N–H and O–H groups in total. The van der Waals surface area contributed by atoms with E-state index >= 15 is 0 Å². The summed E-state index contributed by atoms with van der Waals surface area (Å²) < 4.78 is 46.4. The number of nitrogens with two attached hydrogens (primary N) is 1. The molecule has 1 aromatic heterocycles. The van der Waals surface area contributed by atoms with Crippen molar-refractivity contribution < 1.29 is 52.6 Å². The number of hydrogen-bond acceptors (Lipinski definition) is 13. The maximum absolute atomic E-state index is 12.4. The number of thiophene rings is 1. The van der Waals surface area contributed by atoms with Crippen molar-refractivity contribution in [2.24, 2.45) is 5.14 Å². The van der Waals surface area contributed by atoms with E-state index < -0.39 is 62.8 Å². The molecule has 26 heavy (non-hydrogen) atoms. The highest BCUT2D eigenvalue weighted by molar-refractivity contribution is 7.95. The maximum Gasteiger partial charge on any atom is 0.348 e. The van der Waals surface area contributed by atoms with Crippen molar-refractivity contribution in [3.05, 3.63) is 11.6 Å². The van der Waals surface area contributed by atoms with Gasteiger partial charge in [0.15, 0.2) is 15.6 Å². The van der Waals surface area contributed by atoms with E-state index in [9.17, 15) is 37.3 Å². The highest BCUT2D eigenvalue weighted by Crippen LogP contribution is 2.47. The van der Waals surface area contributed by atoms with E-state index in [0.717, 1.165) is 6.92 Å². The minimum Gasteiger partial charge on any atom is -0.363 e. The van der Waals surface area contributed by atoms with Crippen LogP contribution in [0.25, 0.3) is 0 Å². The summed E-state index contributed by atoms with van der Waals surface area (Å²) in [4.78, 5) is 0. The van der Waals surface area contributed by atoms with Crippen molar-refractivity contribution in [3.63, 3.8) is 0 Å². The van der Waals surface area contributed by atoms with E-state index in [1.807, 2.05) is 0 Å². The van der Waals surface area contributed by atoms with Gasteiger partial charge in [0.25, 0.3) is 0 Å². The Kier molecular flexibility index (Phi) is 4.86. The number of sulfonamides is 1. The van der Waals surface area contributed by atoms with Crippen molar-refractivity contribution in [2.75, 3.05) is 0 Å². The fourth-order valence-corrected chi connectivity index (χ4v) is 6.68. The zero-order valence-corrected chi connectivity index (χ0v) is 15.2. The van der Waals surface area contributed by atoms with Gasteiger partial charge in [-0.1, -0.05) is 0 Å². The fraction of sp³-hybridized carbons (Fsp3) is 0.600. The lowest BCUT2D eigenvalue weighted by Gasteiger charge is -2.43. The average Bonchev–Trinajstić information content (AvgIpc) is 2.87. The summed E-state index contributed by atoms with van der Waals surface area (Å²) in [5.74, 6) is -11.5. The highest BCUT2D eigenvalue weighted by atomic mass is 32.3. The summed E-state index contributed by atoms with van der Waals surface area (Å²) in [5, 5.41) is 70.7. The molecule has 1 aliphatic heterocycles. The van der Waals surface area contributed by atoms with Gasteiger partial charge in [0.2, 0.25) is 10.0 Å². The Morgan fingerprint density at radius 3 is 2.15 bits per heavy atom. The van der Waals surface area contributed by atoms with E-state index in [4.69, 9.17) is 20.5 Å². The number of sulfone groups is 1. The molecule has 0 aliphatic carbocycles. The van der Waals surface area contributed by atoms with Crippen LogP contribution < -0.4 is 10.5 Å². The third kappa shape index (κ3) is 3.28. The van der Waals surface area contributed by atoms with Crippen molar-refractivity contribution in [2.45, 2.75) is 44.3 Å². The summed E-state index contributed by atoms with van der Waals surface area (Å²) in [6, 6.07) is -1.55. The first-order valence-electron chi connectivity index (χ1n) is 6.58. The molecule has 2 atom stereocenters. The lowest BCUT2D eigenvalue weighted by atomic mass is 9.97. The van der Waals surface area contributed by atoms with Crippen LogP contribution in [-0.4, -0.2) is 75.5 Å². The quantitative estimate of drug-likeness (QED) is 0.202. The minimum atomic E-state index is -4.48. The van der Waals surface area contributed by atoms with Crippen molar-refractivity contribution in [3.8, 4) is 0 Å². The van der Waals surface area contributed by atoms with Gasteiger partial charge in [-0.15, -0.1) is 11.3 Å². The van der Waals surface area contributed by atoms with Gasteiger partial charge in [-0.25, -0.2) is 27.3 Å². The van der Waals surface area contributed by atoms with Crippen LogP contribution in [0.4, 0.5) is 0 Å². The van der Waals surface area contributed by atoms with Crippen LogP contribution in [0.3, 0.4) is 0 Å². The molecule has 16 heteroatoms. The maximum atomic E-state index is 12.4. The predicted molar refractivity (Wildman–Crippen MR) is 81.9 cm³/mol. The van der Waals surface area contributed by atoms with Crippen molar-refractivity contribution in [1.82, 2.24) is 5.32 Å². The van der Waals surface area contributed by atoms with Gasteiger partial charge in [-0.3, -0.25) is 0 Å². The molecule has 0 saturated carbocycles. The SMILES string of the molecule is CC1C(O)(O)C(NC(O)(O)C(O)(O)O)c2cc(S(N)(=O)=O)sc2S1(=O)=O. The molecule has 2 unspecified atom stereocenters. The summed E-state index contributed by atoms with van der Waals surface area (Å²) >= 11 is 0.177. The number of primary sulfonamides is 1.